The van der Waals surface area contributed by atoms with Gasteiger partial charge in [-0.2, -0.15) is 0 Å². The summed E-state index contributed by atoms with van der Waals surface area (Å²) in [7, 11) is 0. The van der Waals surface area contributed by atoms with Crippen LogP contribution in [0, 0.1) is 5.92 Å². The molecule has 0 bridgehead atoms. The third-order valence-electron chi connectivity index (χ3n) is 5.42. The summed E-state index contributed by atoms with van der Waals surface area (Å²) in [4.78, 5) is 0. The van der Waals surface area contributed by atoms with Gasteiger partial charge < -0.3 is 0 Å². The number of fused-ring (bicyclic) bond motifs is 1. The van der Waals surface area contributed by atoms with Crippen LogP contribution in [0.1, 0.15) is 55.7 Å². The lowest BCUT2D eigenvalue weighted by molar-refractivity contribution is 0.431. The topological polar surface area (TPSA) is 0 Å². The van der Waals surface area contributed by atoms with Gasteiger partial charge in [0.05, 0.1) is 0 Å². The largest absolute Gasteiger partial charge is 0.103 e. The van der Waals surface area contributed by atoms with Gasteiger partial charge in [0.1, 0.15) is 0 Å². The lowest BCUT2D eigenvalue weighted by atomic mass is 9.80. The molecule has 0 saturated heterocycles. The Morgan fingerprint density at radius 1 is 1.04 bits per heavy atom. The number of aryl methyl sites for hydroxylation is 2. The fourth-order valence-corrected chi connectivity index (χ4v) is 3.85. The maximum atomic E-state index is 3.86. The van der Waals surface area contributed by atoms with Gasteiger partial charge in [-0.25, -0.2) is 0 Å². The van der Waals surface area contributed by atoms with E-state index in [0.717, 1.165) is 12.3 Å². The maximum absolute atomic E-state index is 3.86. The number of unbranched alkanes of at least 4 members (excludes halogenated alkanes) is 1. The van der Waals surface area contributed by atoms with Crippen LogP contribution in [0.4, 0.5) is 0 Å². The molecule has 0 nitrogen and oxygen atoms in total. The molecule has 0 aromatic heterocycles. The van der Waals surface area contributed by atoms with Crippen LogP contribution < -0.4 is 0 Å². The van der Waals surface area contributed by atoms with Crippen molar-refractivity contribution in [3.63, 3.8) is 0 Å². The highest BCUT2D eigenvalue weighted by molar-refractivity contribution is 5.65. The highest BCUT2D eigenvalue weighted by atomic mass is 14.2. The van der Waals surface area contributed by atoms with E-state index in [1.54, 1.807) is 11.1 Å². The summed E-state index contributed by atoms with van der Waals surface area (Å²) in [6, 6.07) is 16.3. The first-order valence-electron chi connectivity index (χ1n) is 9.62. The highest BCUT2D eigenvalue weighted by Gasteiger charge is 2.18. The van der Waals surface area contributed by atoms with Gasteiger partial charge in [-0.3, -0.25) is 0 Å². The summed E-state index contributed by atoms with van der Waals surface area (Å²) in [6.07, 6.45) is 12.1. The van der Waals surface area contributed by atoms with Crippen molar-refractivity contribution in [3.05, 3.63) is 71.8 Å². The van der Waals surface area contributed by atoms with Crippen LogP contribution in [0.5, 0.6) is 0 Å². The molecule has 0 saturated carbocycles. The summed E-state index contributed by atoms with van der Waals surface area (Å²) in [5.41, 5.74) is 7.33. The minimum atomic E-state index is 0.846. The Morgan fingerprint density at radius 2 is 1.83 bits per heavy atom. The third-order valence-corrected chi connectivity index (χ3v) is 5.42. The summed E-state index contributed by atoms with van der Waals surface area (Å²) < 4.78 is 0. The molecule has 1 aliphatic rings. The third kappa shape index (κ3) is 4.17. The van der Waals surface area contributed by atoms with Crippen molar-refractivity contribution in [1.29, 1.82) is 0 Å². The van der Waals surface area contributed by atoms with E-state index in [0.29, 0.717) is 0 Å². The SMILES string of the molecule is C=CCCC1CCc2cc(-c3ccc(CCCC)cc3)ccc2C1. The minimum absolute atomic E-state index is 0.846. The van der Waals surface area contributed by atoms with Crippen LogP contribution in [0.15, 0.2) is 55.1 Å². The molecule has 1 aliphatic carbocycles. The van der Waals surface area contributed by atoms with Crippen molar-refractivity contribution in [1.82, 2.24) is 0 Å². The summed E-state index contributed by atoms with van der Waals surface area (Å²) in [5, 5.41) is 0. The minimum Gasteiger partial charge on any atom is -0.103 e. The Kier molecular flexibility index (Phi) is 5.91. The van der Waals surface area contributed by atoms with E-state index in [4.69, 9.17) is 0 Å². The molecule has 0 heteroatoms. The Morgan fingerprint density at radius 3 is 2.58 bits per heavy atom. The van der Waals surface area contributed by atoms with E-state index in [2.05, 4.69) is 62.0 Å². The fraction of sp³-hybridized carbons (Fsp3) is 0.417. The molecule has 0 fully saturated rings. The molecule has 0 heterocycles. The predicted octanol–water partition coefficient (Wildman–Crippen LogP) is 6.77. The maximum Gasteiger partial charge on any atom is -0.0181 e. The fourth-order valence-electron chi connectivity index (χ4n) is 3.85. The number of allylic oxidation sites excluding steroid dienone is 1. The molecule has 0 aliphatic heterocycles. The monoisotopic (exact) mass is 318 g/mol. The molecule has 3 rings (SSSR count). The van der Waals surface area contributed by atoms with E-state index in [1.165, 1.54) is 61.6 Å². The first-order valence-corrected chi connectivity index (χ1v) is 9.62. The van der Waals surface area contributed by atoms with Gasteiger partial charge in [0.25, 0.3) is 0 Å². The van der Waals surface area contributed by atoms with E-state index < -0.39 is 0 Å². The zero-order valence-electron chi connectivity index (χ0n) is 15.1. The molecule has 126 valence electrons. The van der Waals surface area contributed by atoms with Crippen LogP contribution >= 0.6 is 0 Å². The van der Waals surface area contributed by atoms with Gasteiger partial charge in [-0.05, 0) is 78.7 Å². The molecule has 1 atom stereocenters. The molecule has 2 aromatic carbocycles. The Bertz CT molecular complexity index is 663. The lowest BCUT2D eigenvalue weighted by Crippen LogP contribution is -2.14. The van der Waals surface area contributed by atoms with Crippen molar-refractivity contribution in [2.75, 3.05) is 0 Å². The van der Waals surface area contributed by atoms with E-state index in [9.17, 15) is 0 Å². The Hall–Kier alpha value is -1.82. The standard InChI is InChI=1S/C24H30/c1-3-5-7-19-9-12-21(13-10-19)23-16-15-22-17-20(8-6-4-2)11-14-24(22)18-23/h4,9-10,12-13,15-16,18,20H,2-3,5-8,11,14,17H2,1H3. The van der Waals surface area contributed by atoms with Crippen LogP contribution in [-0.2, 0) is 19.3 Å². The molecular weight excluding hydrogens is 288 g/mol. The quantitative estimate of drug-likeness (QED) is 0.494. The van der Waals surface area contributed by atoms with Crippen molar-refractivity contribution in [2.45, 2.75) is 58.3 Å². The van der Waals surface area contributed by atoms with Gasteiger partial charge in [-0.15, -0.1) is 6.58 Å². The van der Waals surface area contributed by atoms with Crippen LogP contribution in [-0.4, -0.2) is 0 Å². The van der Waals surface area contributed by atoms with Crippen molar-refractivity contribution < 1.29 is 0 Å². The molecular formula is C24H30. The predicted molar refractivity (Wildman–Crippen MR) is 105 cm³/mol. The van der Waals surface area contributed by atoms with Gasteiger partial charge in [0.15, 0.2) is 0 Å². The normalized spacial score (nSPS) is 16.6. The van der Waals surface area contributed by atoms with Gasteiger partial charge >= 0.3 is 0 Å². The number of hydrogen-bond donors (Lipinski definition) is 0. The lowest BCUT2D eigenvalue weighted by Gasteiger charge is -2.25. The molecule has 0 spiro atoms. The average molecular weight is 319 g/mol. The van der Waals surface area contributed by atoms with E-state index in [1.807, 2.05) is 0 Å². The second-order valence-electron chi connectivity index (χ2n) is 7.26. The smallest absolute Gasteiger partial charge is 0.0181 e. The highest BCUT2D eigenvalue weighted by Crippen LogP contribution is 2.32. The van der Waals surface area contributed by atoms with E-state index in [-0.39, 0.29) is 0 Å². The van der Waals surface area contributed by atoms with Crippen LogP contribution in [0.25, 0.3) is 11.1 Å². The molecule has 1 unspecified atom stereocenters. The molecule has 0 N–H and O–H groups in total. The Balaban J connectivity index is 1.71. The zero-order chi connectivity index (χ0) is 16.8. The second-order valence-corrected chi connectivity index (χ2v) is 7.26. The van der Waals surface area contributed by atoms with Gasteiger partial charge in [0, 0.05) is 0 Å². The average Bonchev–Trinajstić information content (AvgIpc) is 2.64. The first-order chi connectivity index (χ1) is 11.8. The van der Waals surface area contributed by atoms with Crippen LogP contribution in [0.2, 0.25) is 0 Å². The molecule has 0 radical (unpaired) electrons. The van der Waals surface area contributed by atoms with Crippen molar-refractivity contribution in [2.24, 2.45) is 5.92 Å². The molecule has 2 aromatic rings. The second kappa shape index (κ2) is 8.33. The van der Waals surface area contributed by atoms with Crippen molar-refractivity contribution in [3.8, 4) is 11.1 Å². The number of rotatable bonds is 7. The molecule has 24 heavy (non-hydrogen) atoms. The first kappa shape index (κ1) is 17.0. The van der Waals surface area contributed by atoms with Crippen LogP contribution in [0.3, 0.4) is 0 Å². The zero-order valence-corrected chi connectivity index (χ0v) is 15.1. The van der Waals surface area contributed by atoms with Gasteiger partial charge in [-0.1, -0.05) is 61.9 Å². The Labute approximate surface area is 147 Å². The summed E-state index contributed by atoms with van der Waals surface area (Å²) in [6.45, 7) is 6.11. The number of benzene rings is 2. The summed E-state index contributed by atoms with van der Waals surface area (Å²) >= 11 is 0. The number of hydrogen-bond acceptors (Lipinski definition) is 0. The van der Waals surface area contributed by atoms with Crippen molar-refractivity contribution >= 4 is 0 Å². The molecule has 0 amide bonds. The van der Waals surface area contributed by atoms with E-state index >= 15 is 0 Å². The van der Waals surface area contributed by atoms with Gasteiger partial charge in [0.2, 0.25) is 0 Å². The summed E-state index contributed by atoms with van der Waals surface area (Å²) in [5.74, 6) is 0.846.